The van der Waals surface area contributed by atoms with Gasteiger partial charge in [-0.05, 0) is 42.0 Å². The van der Waals surface area contributed by atoms with Gasteiger partial charge in [0.25, 0.3) is 10.0 Å². The van der Waals surface area contributed by atoms with Crippen molar-refractivity contribution in [3.05, 3.63) is 90.2 Å². The SMILES string of the molecule is O=C1N(Cc2cccc(F)c2)c2ccccc2S(=O)(=O)N1c1ccccc1. The molecule has 5 nitrogen and oxygen atoms in total. The van der Waals surface area contributed by atoms with Crippen LogP contribution in [0.15, 0.2) is 83.8 Å². The molecule has 3 aromatic rings. The molecule has 0 unspecified atom stereocenters. The molecule has 3 aromatic carbocycles. The molecule has 0 saturated carbocycles. The molecule has 0 atom stereocenters. The zero-order valence-electron chi connectivity index (χ0n) is 14.1. The first kappa shape index (κ1) is 17.2. The smallest absolute Gasteiger partial charge is 0.287 e. The van der Waals surface area contributed by atoms with E-state index in [1.54, 1.807) is 60.7 Å². The maximum atomic E-state index is 13.6. The van der Waals surface area contributed by atoms with Gasteiger partial charge in [-0.25, -0.2) is 17.6 Å². The maximum absolute atomic E-state index is 13.6. The predicted octanol–water partition coefficient (Wildman–Crippen LogP) is 4.16. The Morgan fingerprint density at radius 3 is 2.30 bits per heavy atom. The molecule has 7 heteroatoms. The first-order valence-corrected chi connectivity index (χ1v) is 9.68. The van der Waals surface area contributed by atoms with Crippen LogP contribution in [0.5, 0.6) is 0 Å². The number of hydrogen-bond donors (Lipinski definition) is 0. The summed E-state index contributed by atoms with van der Waals surface area (Å²) in [6.07, 6.45) is 0. The lowest BCUT2D eigenvalue weighted by Crippen LogP contribution is -2.50. The highest BCUT2D eigenvalue weighted by atomic mass is 32.2. The molecule has 136 valence electrons. The van der Waals surface area contributed by atoms with E-state index in [4.69, 9.17) is 0 Å². The van der Waals surface area contributed by atoms with Crippen LogP contribution in [0.1, 0.15) is 5.56 Å². The van der Waals surface area contributed by atoms with Crippen molar-refractivity contribution in [3.8, 4) is 0 Å². The highest BCUT2D eigenvalue weighted by Gasteiger charge is 2.42. The molecule has 0 spiro atoms. The van der Waals surface area contributed by atoms with Gasteiger partial charge in [-0.15, -0.1) is 0 Å². The Balaban J connectivity index is 1.87. The van der Waals surface area contributed by atoms with Crippen molar-refractivity contribution in [2.45, 2.75) is 11.4 Å². The average molecular weight is 382 g/mol. The summed E-state index contributed by atoms with van der Waals surface area (Å²) in [5.41, 5.74) is 1.09. The third-order valence-electron chi connectivity index (χ3n) is 4.30. The third kappa shape index (κ3) is 2.96. The summed E-state index contributed by atoms with van der Waals surface area (Å²) in [6, 6.07) is 19.7. The molecule has 0 saturated heterocycles. The number of hydrogen-bond acceptors (Lipinski definition) is 3. The summed E-state index contributed by atoms with van der Waals surface area (Å²) in [7, 11) is -4.05. The second kappa shape index (κ2) is 6.51. The molecule has 0 N–H and O–H groups in total. The van der Waals surface area contributed by atoms with Gasteiger partial charge in [0.15, 0.2) is 0 Å². The van der Waals surface area contributed by atoms with Crippen molar-refractivity contribution in [2.75, 3.05) is 9.21 Å². The Hall–Kier alpha value is -3.19. The van der Waals surface area contributed by atoms with Gasteiger partial charge in [0.1, 0.15) is 10.7 Å². The number of fused-ring (bicyclic) bond motifs is 1. The Morgan fingerprint density at radius 2 is 1.56 bits per heavy atom. The second-order valence-corrected chi connectivity index (χ2v) is 7.83. The fraction of sp³-hybridized carbons (Fsp3) is 0.0500. The van der Waals surface area contributed by atoms with E-state index in [1.807, 2.05) is 0 Å². The number of rotatable bonds is 3. The first-order valence-electron chi connectivity index (χ1n) is 8.24. The third-order valence-corrected chi connectivity index (χ3v) is 6.05. The van der Waals surface area contributed by atoms with E-state index in [0.717, 1.165) is 4.31 Å². The number of urea groups is 1. The van der Waals surface area contributed by atoms with Gasteiger partial charge in [0, 0.05) is 0 Å². The molecule has 1 aliphatic rings. The predicted molar refractivity (Wildman–Crippen MR) is 101 cm³/mol. The molecule has 0 radical (unpaired) electrons. The van der Waals surface area contributed by atoms with E-state index in [1.165, 1.54) is 23.1 Å². The van der Waals surface area contributed by atoms with E-state index in [9.17, 15) is 17.6 Å². The van der Waals surface area contributed by atoms with Crippen molar-refractivity contribution in [2.24, 2.45) is 0 Å². The van der Waals surface area contributed by atoms with E-state index < -0.39 is 21.9 Å². The number of sulfonamides is 1. The number of carbonyl (C=O) groups excluding carboxylic acids is 1. The van der Waals surface area contributed by atoms with Crippen LogP contribution in [0.25, 0.3) is 0 Å². The van der Waals surface area contributed by atoms with E-state index in [-0.39, 0.29) is 22.8 Å². The summed E-state index contributed by atoms with van der Waals surface area (Å²) >= 11 is 0. The van der Waals surface area contributed by atoms with Gasteiger partial charge in [0.05, 0.1) is 17.9 Å². The van der Waals surface area contributed by atoms with Gasteiger partial charge in [-0.3, -0.25) is 4.90 Å². The summed E-state index contributed by atoms with van der Waals surface area (Å²) in [4.78, 5) is 14.6. The van der Waals surface area contributed by atoms with E-state index >= 15 is 0 Å². The second-order valence-electron chi connectivity index (χ2n) is 6.07. The number of benzene rings is 3. The standard InChI is InChI=1S/C20H15FN2O3S/c21-16-8-6-7-15(13-16)14-22-18-11-4-5-12-19(18)27(25,26)23(20(22)24)17-9-2-1-3-10-17/h1-13H,14H2. The van der Waals surface area contributed by atoms with Crippen LogP contribution < -0.4 is 9.21 Å². The van der Waals surface area contributed by atoms with Crippen LogP contribution in [0, 0.1) is 5.82 Å². The van der Waals surface area contributed by atoms with Crippen LogP contribution in [-0.4, -0.2) is 14.4 Å². The Bertz CT molecular complexity index is 1120. The zero-order valence-corrected chi connectivity index (χ0v) is 14.9. The van der Waals surface area contributed by atoms with Crippen molar-refractivity contribution in [3.63, 3.8) is 0 Å². The van der Waals surface area contributed by atoms with Crippen molar-refractivity contribution >= 4 is 27.4 Å². The van der Waals surface area contributed by atoms with Gasteiger partial charge < -0.3 is 0 Å². The lowest BCUT2D eigenvalue weighted by atomic mass is 10.2. The molecular formula is C20H15FN2O3S. The Kier molecular flexibility index (Phi) is 4.16. The van der Waals surface area contributed by atoms with Crippen LogP contribution in [0.2, 0.25) is 0 Å². The van der Waals surface area contributed by atoms with Crippen LogP contribution in [0.3, 0.4) is 0 Å². The number of carbonyl (C=O) groups is 1. The number of para-hydroxylation sites is 2. The van der Waals surface area contributed by atoms with Gasteiger partial charge >= 0.3 is 6.03 Å². The minimum absolute atomic E-state index is 0.0323. The molecule has 1 heterocycles. The highest BCUT2D eigenvalue weighted by molar-refractivity contribution is 7.94. The summed E-state index contributed by atoms with van der Waals surface area (Å²) < 4.78 is 40.5. The summed E-state index contributed by atoms with van der Waals surface area (Å²) in [5.74, 6) is -0.419. The van der Waals surface area contributed by atoms with Gasteiger partial charge in [-0.2, -0.15) is 4.31 Å². The molecule has 0 aromatic heterocycles. The number of nitrogens with zero attached hydrogens (tertiary/aromatic N) is 2. The number of halogens is 1. The molecule has 1 aliphatic heterocycles. The normalized spacial score (nSPS) is 15.5. The molecule has 2 amide bonds. The van der Waals surface area contributed by atoms with Crippen LogP contribution >= 0.6 is 0 Å². The van der Waals surface area contributed by atoms with Crippen LogP contribution in [-0.2, 0) is 16.6 Å². The largest absolute Gasteiger partial charge is 0.343 e. The zero-order chi connectivity index (χ0) is 19.0. The maximum Gasteiger partial charge on any atom is 0.343 e. The lowest BCUT2D eigenvalue weighted by Gasteiger charge is -2.36. The Labute approximate surface area is 156 Å². The first-order chi connectivity index (χ1) is 13.0. The molecule has 0 aliphatic carbocycles. The molecule has 4 rings (SSSR count). The summed E-state index contributed by atoms with van der Waals surface area (Å²) in [5, 5.41) is 0. The fourth-order valence-electron chi connectivity index (χ4n) is 3.10. The topological polar surface area (TPSA) is 57.7 Å². The number of amides is 2. The van der Waals surface area contributed by atoms with Crippen molar-refractivity contribution in [1.29, 1.82) is 0 Å². The average Bonchev–Trinajstić information content (AvgIpc) is 2.66. The monoisotopic (exact) mass is 382 g/mol. The molecule has 0 fully saturated rings. The Morgan fingerprint density at radius 1 is 0.852 bits per heavy atom. The fourth-order valence-corrected chi connectivity index (χ4v) is 4.69. The van der Waals surface area contributed by atoms with E-state index in [0.29, 0.717) is 5.56 Å². The molecule has 27 heavy (non-hydrogen) atoms. The van der Waals surface area contributed by atoms with Crippen molar-refractivity contribution in [1.82, 2.24) is 0 Å². The molecular weight excluding hydrogens is 367 g/mol. The van der Waals surface area contributed by atoms with Gasteiger partial charge in [-0.1, -0.05) is 42.5 Å². The minimum Gasteiger partial charge on any atom is -0.287 e. The highest BCUT2D eigenvalue weighted by Crippen LogP contribution is 2.37. The lowest BCUT2D eigenvalue weighted by molar-refractivity contribution is 0.253. The minimum atomic E-state index is -4.05. The van der Waals surface area contributed by atoms with E-state index in [2.05, 4.69) is 0 Å². The quantitative estimate of drug-likeness (QED) is 0.683. The van der Waals surface area contributed by atoms with Gasteiger partial charge in [0.2, 0.25) is 0 Å². The molecule has 0 bridgehead atoms. The number of anilines is 2. The van der Waals surface area contributed by atoms with Crippen molar-refractivity contribution < 1.29 is 17.6 Å². The summed E-state index contributed by atoms with van der Waals surface area (Å²) in [6.45, 7) is 0.0481. The van der Waals surface area contributed by atoms with Crippen LogP contribution in [0.4, 0.5) is 20.6 Å².